The van der Waals surface area contributed by atoms with E-state index in [9.17, 15) is 17.6 Å². The van der Waals surface area contributed by atoms with E-state index < -0.39 is 38.6 Å². The maximum atomic E-state index is 15.2. The average Bonchev–Trinajstić information content (AvgIpc) is 3.02. The minimum Gasteiger partial charge on any atom is -0.460 e. The minimum atomic E-state index is -3.81. The molecule has 2 heterocycles. The monoisotopic (exact) mass is 608 g/mol. The molecule has 1 fully saturated rings. The van der Waals surface area contributed by atoms with Gasteiger partial charge in [-0.15, -0.1) is 0 Å². The number of aromatic nitrogens is 1. The van der Waals surface area contributed by atoms with E-state index in [1.807, 2.05) is 26.8 Å². The van der Waals surface area contributed by atoms with Crippen LogP contribution in [0, 0.1) is 17.6 Å². The second-order valence-corrected chi connectivity index (χ2v) is 13.3. The Kier molecular flexibility index (Phi) is 11.1. The summed E-state index contributed by atoms with van der Waals surface area (Å²) in [7, 11) is -3.81. The number of hydrogen-bond donors (Lipinski definition) is 3. The Morgan fingerprint density at radius 3 is 2.57 bits per heavy atom. The number of benzene rings is 1. The highest BCUT2D eigenvalue weighted by Gasteiger charge is 2.26. The minimum absolute atomic E-state index is 0.0943. The van der Waals surface area contributed by atoms with Gasteiger partial charge in [0.15, 0.2) is 11.6 Å². The number of carbonyl (C=O) groups is 1. The molecule has 1 aliphatic rings. The van der Waals surface area contributed by atoms with Gasteiger partial charge in [0, 0.05) is 31.0 Å². The first-order valence-corrected chi connectivity index (χ1v) is 15.8. The molecular formula is C29H42F2N6O4S. The summed E-state index contributed by atoms with van der Waals surface area (Å²) in [6.07, 6.45) is 8.73. The normalized spacial score (nSPS) is 17.2. The van der Waals surface area contributed by atoms with Gasteiger partial charge in [-0.05, 0) is 71.1 Å². The van der Waals surface area contributed by atoms with Crippen molar-refractivity contribution in [2.45, 2.75) is 71.8 Å². The van der Waals surface area contributed by atoms with Crippen molar-refractivity contribution in [2.75, 3.05) is 33.5 Å². The lowest BCUT2D eigenvalue weighted by Gasteiger charge is -2.25. The molecule has 0 bridgehead atoms. The third-order valence-electron chi connectivity index (χ3n) is 6.72. The van der Waals surface area contributed by atoms with E-state index in [0.29, 0.717) is 30.0 Å². The number of esters is 1. The number of ether oxygens (including phenoxy) is 1. The smallest absolute Gasteiger partial charge is 0.309 e. The summed E-state index contributed by atoms with van der Waals surface area (Å²) in [5, 5.41) is 0.682. The van der Waals surface area contributed by atoms with Crippen LogP contribution in [-0.2, 0) is 19.6 Å². The molecule has 5 N–H and O–H groups in total. The molecule has 232 valence electrons. The number of anilines is 3. The number of pyridine rings is 1. The van der Waals surface area contributed by atoms with E-state index in [2.05, 4.69) is 14.6 Å². The molecule has 0 spiro atoms. The zero-order valence-electron chi connectivity index (χ0n) is 24.7. The first-order valence-electron chi connectivity index (χ1n) is 14.1. The molecule has 3 rings (SSSR count). The van der Waals surface area contributed by atoms with Crippen LogP contribution < -0.4 is 26.2 Å². The predicted molar refractivity (Wildman–Crippen MR) is 162 cm³/mol. The Balaban J connectivity index is 1.77. The van der Waals surface area contributed by atoms with Gasteiger partial charge in [0.05, 0.1) is 34.9 Å². The second kappa shape index (κ2) is 14.1. The number of nitrogens with one attached hydrogen (secondary N) is 1. The van der Waals surface area contributed by atoms with Crippen LogP contribution in [0.3, 0.4) is 0 Å². The number of nitrogens with two attached hydrogens (primary N) is 2. The number of sulfonamides is 1. The summed E-state index contributed by atoms with van der Waals surface area (Å²) in [6, 6.07) is 3.74. The van der Waals surface area contributed by atoms with Crippen LogP contribution in [0.15, 0.2) is 36.8 Å². The first kappa shape index (κ1) is 33.1. The van der Waals surface area contributed by atoms with Crippen LogP contribution in [0.4, 0.5) is 25.8 Å². The van der Waals surface area contributed by atoms with E-state index in [-0.39, 0.29) is 23.3 Å². The molecule has 1 unspecified atom stereocenters. The van der Waals surface area contributed by atoms with Gasteiger partial charge >= 0.3 is 5.97 Å². The number of carbonyl (C=O) groups excluding carboxylic acids is 1. The maximum absolute atomic E-state index is 15.2. The summed E-state index contributed by atoms with van der Waals surface area (Å²) < 4.78 is 61.8. The average molecular weight is 609 g/mol. The van der Waals surface area contributed by atoms with Gasteiger partial charge in [-0.25, -0.2) is 23.0 Å². The molecule has 0 amide bonds. The molecule has 1 saturated heterocycles. The van der Waals surface area contributed by atoms with Crippen LogP contribution in [0.2, 0.25) is 0 Å². The highest BCUT2D eigenvalue weighted by molar-refractivity contribution is 7.92. The third-order valence-corrected chi connectivity index (χ3v) is 8.19. The number of halogens is 2. The van der Waals surface area contributed by atoms with Gasteiger partial charge < -0.3 is 15.4 Å². The van der Waals surface area contributed by atoms with Gasteiger partial charge in [0.25, 0.3) is 0 Å². The highest BCUT2D eigenvalue weighted by atomic mass is 32.2. The summed E-state index contributed by atoms with van der Waals surface area (Å²) in [4.78, 5) is 19.1. The molecule has 1 aromatic carbocycles. The van der Waals surface area contributed by atoms with Crippen molar-refractivity contribution in [3.8, 4) is 0 Å². The van der Waals surface area contributed by atoms with Gasteiger partial charge in [0.1, 0.15) is 11.3 Å². The number of rotatable bonds is 9. The fraction of sp³-hybridized carbons (Fsp3) is 0.517. The highest BCUT2D eigenvalue weighted by Crippen LogP contribution is 2.30. The van der Waals surface area contributed by atoms with Gasteiger partial charge in [-0.2, -0.15) is 0 Å². The Morgan fingerprint density at radius 2 is 1.88 bits per heavy atom. The zero-order valence-corrected chi connectivity index (χ0v) is 25.5. The predicted octanol–water partition coefficient (Wildman–Crippen LogP) is 4.88. The van der Waals surface area contributed by atoms with Crippen LogP contribution in [0.1, 0.15) is 71.8 Å². The molecule has 1 atom stereocenters. The molecular weight excluding hydrogens is 566 g/mol. The lowest BCUT2D eigenvalue weighted by atomic mass is 9.97. The van der Waals surface area contributed by atoms with Crippen molar-refractivity contribution in [3.63, 3.8) is 0 Å². The Labute approximate surface area is 247 Å². The van der Waals surface area contributed by atoms with E-state index >= 15 is 4.39 Å². The van der Waals surface area contributed by atoms with Gasteiger partial charge in [0.2, 0.25) is 10.0 Å². The van der Waals surface area contributed by atoms with E-state index in [1.54, 1.807) is 13.1 Å². The van der Waals surface area contributed by atoms with E-state index in [1.165, 1.54) is 6.20 Å². The summed E-state index contributed by atoms with van der Waals surface area (Å²) >= 11 is 0. The Hall–Kier alpha value is -3.45. The van der Waals surface area contributed by atoms with Crippen molar-refractivity contribution < 1.29 is 26.7 Å². The van der Waals surface area contributed by atoms with Crippen LogP contribution in [0.25, 0.3) is 5.70 Å². The van der Waals surface area contributed by atoms with Gasteiger partial charge in [-0.3, -0.25) is 19.5 Å². The lowest BCUT2D eigenvalue weighted by Crippen LogP contribution is -2.29. The number of hydrazine groups is 1. The van der Waals surface area contributed by atoms with Crippen molar-refractivity contribution in [3.05, 3.63) is 54.0 Å². The number of nitrogens with zero attached hydrogens (tertiary/aromatic N) is 3. The maximum Gasteiger partial charge on any atom is 0.309 e. The Bertz CT molecular complexity index is 1380. The van der Waals surface area contributed by atoms with E-state index in [4.69, 9.17) is 16.3 Å². The molecule has 0 radical (unpaired) electrons. The van der Waals surface area contributed by atoms with Crippen molar-refractivity contribution >= 4 is 38.8 Å². The molecule has 10 nitrogen and oxygen atoms in total. The van der Waals surface area contributed by atoms with Crippen molar-refractivity contribution in [2.24, 2.45) is 17.5 Å². The second-order valence-electron chi connectivity index (χ2n) is 11.5. The SMILES string of the molecule is CCCS(=O)(=O)Nc1ccc(F)c(N(N)/C=C(\N)c2cncc(N3CCCCC(C(=O)OC(C)(C)C)CCC3)c2)c1F. The molecule has 42 heavy (non-hydrogen) atoms. The third kappa shape index (κ3) is 9.28. The molecule has 1 aliphatic heterocycles. The quantitative estimate of drug-likeness (QED) is 0.206. The lowest BCUT2D eigenvalue weighted by molar-refractivity contribution is -0.160. The molecule has 0 aliphatic carbocycles. The fourth-order valence-electron chi connectivity index (χ4n) is 4.75. The standard InChI is InChI=1S/C29H42F2N6O4S/c1-5-15-42(39,40)35-25-12-11-23(30)27(26(25)31)37(33)19-24(32)21-16-22(18-34-17-21)36-13-7-6-9-20(10-8-14-36)28(38)41-29(2,3)4/h11-12,16-20,35H,5-10,13-15,32-33H2,1-4H3/b24-19-. The molecule has 0 saturated carbocycles. The van der Waals surface area contributed by atoms with E-state index in [0.717, 1.165) is 56.2 Å². The molecule has 2 aromatic rings. The number of hydrogen-bond acceptors (Lipinski definition) is 9. The fourth-order valence-corrected chi connectivity index (χ4v) is 5.88. The Morgan fingerprint density at radius 1 is 1.19 bits per heavy atom. The summed E-state index contributed by atoms with van der Waals surface area (Å²) in [6.45, 7) is 8.74. The van der Waals surface area contributed by atoms with Crippen LogP contribution >= 0.6 is 0 Å². The largest absolute Gasteiger partial charge is 0.460 e. The van der Waals surface area contributed by atoms with Crippen LogP contribution in [0.5, 0.6) is 0 Å². The summed E-state index contributed by atoms with van der Waals surface area (Å²) in [5.41, 5.74) is 6.04. The van der Waals surface area contributed by atoms with Crippen LogP contribution in [-0.4, -0.2) is 43.8 Å². The topological polar surface area (TPSA) is 144 Å². The molecule has 1 aromatic heterocycles. The van der Waals surface area contributed by atoms with Crippen molar-refractivity contribution in [1.29, 1.82) is 0 Å². The summed E-state index contributed by atoms with van der Waals surface area (Å²) in [5.74, 6) is 3.32. The zero-order chi connectivity index (χ0) is 31.1. The van der Waals surface area contributed by atoms with Crippen molar-refractivity contribution in [1.82, 2.24) is 4.98 Å². The molecule has 13 heteroatoms. The first-order chi connectivity index (χ1) is 19.7. The van der Waals surface area contributed by atoms with Gasteiger partial charge in [-0.1, -0.05) is 13.3 Å².